The number of likely N-dealkylation sites (N-methyl/N-ethyl adjacent to an activating group) is 1. The van der Waals surface area contributed by atoms with E-state index in [1.807, 2.05) is 44.1 Å². The van der Waals surface area contributed by atoms with Gasteiger partial charge in [0.2, 0.25) is 5.91 Å². The van der Waals surface area contributed by atoms with Crippen LogP contribution in [0.3, 0.4) is 0 Å². The second kappa shape index (κ2) is 11.5. The van der Waals surface area contributed by atoms with Gasteiger partial charge in [-0.2, -0.15) is 0 Å². The van der Waals surface area contributed by atoms with Crippen molar-refractivity contribution in [2.24, 2.45) is 5.73 Å². The van der Waals surface area contributed by atoms with Gasteiger partial charge in [-0.15, -0.1) is 0 Å². The smallest absolute Gasteiger partial charge is 0.275 e. The number of primary amides is 1. The van der Waals surface area contributed by atoms with Crippen molar-refractivity contribution in [3.05, 3.63) is 101 Å². The Morgan fingerprint density at radius 2 is 1.98 bits per heavy atom. The van der Waals surface area contributed by atoms with E-state index in [4.69, 9.17) is 10.5 Å². The van der Waals surface area contributed by atoms with Crippen LogP contribution in [0.1, 0.15) is 25.8 Å². The van der Waals surface area contributed by atoms with E-state index in [1.54, 1.807) is 42.1 Å². The molecule has 0 saturated carbocycles. The van der Waals surface area contributed by atoms with Crippen LogP contribution in [-0.4, -0.2) is 38.0 Å². The molecule has 9 heteroatoms. The summed E-state index contributed by atoms with van der Waals surface area (Å²) in [6.45, 7) is 9.89. The molecule has 206 valence electrons. The highest BCUT2D eigenvalue weighted by Gasteiger charge is 2.34. The Morgan fingerprint density at radius 3 is 2.60 bits per heavy atom. The maximum atomic E-state index is 14.7. The van der Waals surface area contributed by atoms with Crippen LogP contribution < -0.4 is 25.2 Å². The number of nitrogens with two attached hydrogens (primary N) is 1. The SMILES string of the molecule is C=C(C(N)=O)C1=C(N(C)c2ccc(OCC)c(F)c2)C(=O)N(c2ccc(N3C=CC=C(C)C3=C=O)c(C)c2)CC1. The number of hydrogen-bond acceptors (Lipinski definition) is 6. The van der Waals surface area contributed by atoms with E-state index in [0.717, 1.165) is 16.8 Å². The molecule has 0 atom stereocenters. The molecular formula is C31H31FN4O4. The Labute approximate surface area is 232 Å². The molecule has 0 aliphatic carbocycles. The Bertz CT molecular complexity index is 1550. The summed E-state index contributed by atoms with van der Waals surface area (Å²) in [7, 11) is 1.63. The summed E-state index contributed by atoms with van der Waals surface area (Å²) in [6.07, 6.45) is 5.78. The fourth-order valence-corrected chi connectivity index (χ4v) is 4.86. The minimum absolute atomic E-state index is 0.0290. The van der Waals surface area contributed by atoms with E-state index in [1.165, 1.54) is 17.0 Å². The number of carbonyl (C=O) groups excluding carboxylic acids is 3. The first kappa shape index (κ1) is 28.1. The van der Waals surface area contributed by atoms with Gasteiger partial charge >= 0.3 is 0 Å². The van der Waals surface area contributed by atoms with E-state index >= 15 is 0 Å². The van der Waals surface area contributed by atoms with E-state index in [2.05, 4.69) is 6.58 Å². The highest BCUT2D eigenvalue weighted by molar-refractivity contribution is 6.12. The maximum absolute atomic E-state index is 14.7. The van der Waals surface area contributed by atoms with Gasteiger partial charge in [-0.25, -0.2) is 9.18 Å². The number of hydrogen-bond donors (Lipinski definition) is 1. The highest BCUT2D eigenvalue weighted by Crippen LogP contribution is 2.36. The van der Waals surface area contributed by atoms with Gasteiger partial charge in [-0.05, 0) is 80.3 Å². The summed E-state index contributed by atoms with van der Waals surface area (Å²) in [5, 5.41) is 0. The van der Waals surface area contributed by atoms with Gasteiger partial charge in [0.05, 0.1) is 6.61 Å². The second-order valence-corrected chi connectivity index (χ2v) is 9.47. The molecule has 2 aromatic rings. The number of anilines is 3. The molecule has 4 rings (SSSR count). The van der Waals surface area contributed by atoms with Crippen LogP contribution in [0, 0.1) is 12.7 Å². The van der Waals surface area contributed by atoms with E-state index in [0.29, 0.717) is 35.7 Å². The lowest BCUT2D eigenvalue weighted by molar-refractivity contribution is -0.115. The highest BCUT2D eigenvalue weighted by atomic mass is 19.1. The summed E-state index contributed by atoms with van der Waals surface area (Å²) >= 11 is 0. The zero-order valence-corrected chi connectivity index (χ0v) is 23.0. The van der Waals surface area contributed by atoms with Crippen molar-refractivity contribution in [2.75, 3.05) is 34.9 Å². The third-order valence-corrected chi connectivity index (χ3v) is 6.96. The third kappa shape index (κ3) is 5.19. The van der Waals surface area contributed by atoms with Gasteiger partial charge in [0.1, 0.15) is 11.4 Å². The van der Waals surface area contributed by atoms with Gasteiger partial charge in [-0.1, -0.05) is 12.7 Å². The number of carbonyl (C=O) groups is 2. The molecule has 2 aromatic carbocycles. The van der Waals surface area contributed by atoms with E-state index in [-0.39, 0.29) is 23.6 Å². The molecule has 40 heavy (non-hydrogen) atoms. The van der Waals surface area contributed by atoms with Crippen molar-refractivity contribution >= 4 is 34.8 Å². The molecule has 0 unspecified atom stereocenters. The van der Waals surface area contributed by atoms with E-state index < -0.39 is 17.6 Å². The van der Waals surface area contributed by atoms with Crippen LogP contribution in [0.4, 0.5) is 21.5 Å². The Morgan fingerprint density at radius 1 is 1.23 bits per heavy atom. The lowest BCUT2D eigenvalue weighted by atomic mass is 9.95. The number of rotatable bonds is 8. The van der Waals surface area contributed by atoms with Crippen molar-refractivity contribution in [3.8, 4) is 5.75 Å². The molecule has 0 bridgehead atoms. The van der Waals surface area contributed by atoms with Crippen LogP contribution in [0.2, 0.25) is 0 Å². The average Bonchev–Trinajstić information content (AvgIpc) is 2.93. The maximum Gasteiger partial charge on any atom is 0.275 e. The number of nitrogens with zero attached hydrogens (tertiary/aromatic N) is 3. The molecule has 2 N–H and O–H groups in total. The first-order valence-corrected chi connectivity index (χ1v) is 12.8. The van der Waals surface area contributed by atoms with Crippen molar-refractivity contribution in [1.82, 2.24) is 0 Å². The quantitative estimate of drug-likeness (QED) is 0.384. The Balaban J connectivity index is 1.73. The molecule has 2 aliphatic rings. The van der Waals surface area contributed by atoms with Crippen LogP contribution in [0.5, 0.6) is 5.75 Å². The van der Waals surface area contributed by atoms with Crippen molar-refractivity contribution in [1.29, 1.82) is 0 Å². The van der Waals surface area contributed by atoms with Crippen molar-refractivity contribution < 1.29 is 23.5 Å². The fraction of sp³-hybridized carbons (Fsp3) is 0.226. The lowest BCUT2D eigenvalue weighted by Gasteiger charge is -2.35. The van der Waals surface area contributed by atoms with Gasteiger partial charge in [0, 0.05) is 48.5 Å². The average molecular weight is 543 g/mol. The Kier molecular flexibility index (Phi) is 8.07. The van der Waals surface area contributed by atoms with Crippen molar-refractivity contribution in [3.63, 3.8) is 0 Å². The first-order chi connectivity index (χ1) is 19.1. The number of halogens is 1. The molecular weight excluding hydrogens is 511 g/mol. The number of aryl methyl sites for hydroxylation is 1. The van der Waals surface area contributed by atoms with E-state index in [9.17, 15) is 18.8 Å². The summed E-state index contributed by atoms with van der Waals surface area (Å²) in [5.74, 6) is 0.401. The molecule has 2 heterocycles. The molecule has 8 nitrogen and oxygen atoms in total. The molecule has 2 amide bonds. The van der Waals surface area contributed by atoms with Crippen LogP contribution in [0.15, 0.2) is 89.4 Å². The molecule has 0 aromatic heterocycles. The predicted octanol–water partition coefficient (Wildman–Crippen LogP) is 4.70. The van der Waals surface area contributed by atoms with Gasteiger partial charge in [-0.3, -0.25) is 9.59 Å². The topological polar surface area (TPSA) is 96.2 Å². The van der Waals surface area contributed by atoms with Crippen molar-refractivity contribution in [2.45, 2.75) is 27.2 Å². The molecule has 2 aliphatic heterocycles. The zero-order chi connectivity index (χ0) is 29.1. The number of ether oxygens (including phenoxy) is 1. The van der Waals surface area contributed by atoms with Crippen LogP contribution in [0.25, 0.3) is 0 Å². The minimum atomic E-state index is -0.738. The monoisotopic (exact) mass is 542 g/mol. The first-order valence-electron chi connectivity index (χ1n) is 12.8. The summed E-state index contributed by atoms with van der Waals surface area (Å²) < 4.78 is 20.0. The largest absolute Gasteiger partial charge is 0.491 e. The summed E-state index contributed by atoms with van der Waals surface area (Å²) in [6, 6.07) is 9.90. The second-order valence-electron chi connectivity index (χ2n) is 9.47. The van der Waals surface area contributed by atoms with Crippen LogP contribution in [-0.2, 0) is 14.4 Å². The molecule has 0 spiro atoms. The predicted molar refractivity (Wildman–Crippen MR) is 154 cm³/mol. The standard InChI is InChI=1S/C31H31FN4O4/c1-6-40-28-12-10-22(17-25(28)32)34(5)29-24(21(4)30(33)38)13-15-35(31(29)39)23-9-11-26(20(3)16-23)36-14-7-8-19(2)27(36)18-37/h7-12,14,16-17H,4,6,13,15H2,1-3,5H3,(H2,33,38). The zero-order valence-electron chi connectivity index (χ0n) is 23.0. The molecule has 0 fully saturated rings. The third-order valence-electron chi connectivity index (χ3n) is 6.96. The lowest BCUT2D eigenvalue weighted by Crippen LogP contribution is -2.43. The number of allylic oxidation sites excluding steroid dienone is 3. The number of amides is 2. The summed E-state index contributed by atoms with van der Waals surface area (Å²) in [4.78, 5) is 42.6. The molecule has 0 saturated heterocycles. The normalized spacial score (nSPS) is 15.2. The van der Waals surface area contributed by atoms with Gasteiger partial charge < -0.3 is 25.2 Å². The minimum Gasteiger partial charge on any atom is -0.491 e. The Hall–Kier alpha value is -4.88. The number of benzene rings is 2. The van der Waals surface area contributed by atoms with Crippen LogP contribution >= 0.6 is 0 Å². The van der Waals surface area contributed by atoms with Gasteiger partial charge in [0.25, 0.3) is 5.91 Å². The summed E-state index contributed by atoms with van der Waals surface area (Å²) in [5.41, 5.74) is 9.97. The molecule has 0 radical (unpaired) electrons. The fourth-order valence-electron chi connectivity index (χ4n) is 4.86. The van der Waals surface area contributed by atoms with Gasteiger partial charge in [0.15, 0.2) is 17.5 Å².